The fraction of sp³-hybridized carbons (Fsp3) is 0.118. The smallest absolute Gasteiger partial charge is 0.298 e. The number of aryl methyl sites for hydroxylation is 2. The maximum absolute atomic E-state index is 14.2. The fourth-order valence-electron chi connectivity index (χ4n) is 2.76. The van der Waals surface area contributed by atoms with Crippen molar-refractivity contribution in [2.45, 2.75) is 6.92 Å². The molecule has 1 heterocycles. The number of rotatable bonds is 4. The third kappa shape index (κ3) is 3.45. The summed E-state index contributed by atoms with van der Waals surface area (Å²) >= 11 is 6.12. The van der Waals surface area contributed by atoms with Crippen molar-refractivity contribution in [3.63, 3.8) is 0 Å². The molecule has 0 bridgehead atoms. The second-order valence-corrected chi connectivity index (χ2v) is 6.13. The van der Waals surface area contributed by atoms with Crippen LogP contribution in [0.25, 0.3) is 11.1 Å². The highest BCUT2D eigenvalue weighted by Gasteiger charge is 2.25. The highest BCUT2D eigenvalue weighted by Crippen LogP contribution is 2.39. The van der Waals surface area contributed by atoms with Gasteiger partial charge in [0.05, 0.1) is 21.7 Å². The highest BCUT2D eigenvalue weighted by atomic mass is 35.5. The quantitative estimate of drug-likeness (QED) is 0.491. The summed E-state index contributed by atoms with van der Waals surface area (Å²) in [6.45, 7) is 1.65. The van der Waals surface area contributed by atoms with Gasteiger partial charge in [0, 0.05) is 24.2 Å². The molecular weight excluding hydrogens is 385 g/mol. The van der Waals surface area contributed by atoms with Crippen molar-refractivity contribution in [3.8, 4) is 11.1 Å². The van der Waals surface area contributed by atoms with Crippen LogP contribution < -0.4 is 5.32 Å². The van der Waals surface area contributed by atoms with Crippen molar-refractivity contribution in [3.05, 3.63) is 68.6 Å². The first-order valence-electron chi connectivity index (χ1n) is 7.58. The Balaban J connectivity index is 2.20. The van der Waals surface area contributed by atoms with Crippen LogP contribution in [0, 0.1) is 34.5 Å². The molecular formula is C17H12ClF3N4O2. The van der Waals surface area contributed by atoms with Crippen molar-refractivity contribution >= 4 is 28.8 Å². The lowest BCUT2D eigenvalue weighted by atomic mass is 10.1. The molecule has 0 fully saturated rings. The topological polar surface area (TPSA) is 73.0 Å². The number of halogens is 4. The van der Waals surface area contributed by atoms with E-state index in [1.807, 2.05) is 0 Å². The Kier molecular flexibility index (Phi) is 4.79. The Morgan fingerprint density at radius 1 is 1.19 bits per heavy atom. The maximum Gasteiger partial charge on any atom is 0.298 e. The van der Waals surface area contributed by atoms with E-state index in [-0.39, 0.29) is 10.8 Å². The van der Waals surface area contributed by atoms with Gasteiger partial charge in [0.15, 0.2) is 11.5 Å². The second-order valence-electron chi connectivity index (χ2n) is 5.72. The molecule has 0 unspecified atom stereocenters. The van der Waals surface area contributed by atoms with Gasteiger partial charge in [-0.25, -0.2) is 13.2 Å². The van der Waals surface area contributed by atoms with Crippen LogP contribution in [0.3, 0.4) is 0 Å². The summed E-state index contributed by atoms with van der Waals surface area (Å²) in [5.41, 5.74) is -0.0260. The standard InChI is InChI=1S/C17H12ClF3N4O2/c1-8-15(11-4-3-9(19)5-12(11)18)17(24(2)23-8)22-16-13(21)6-10(20)7-14(16)25(26)27/h3-7,22H,1-2H3. The van der Waals surface area contributed by atoms with Crippen LogP contribution in [0.2, 0.25) is 5.02 Å². The first-order chi connectivity index (χ1) is 12.7. The lowest BCUT2D eigenvalue weighted by Gasteiger charge is -2.12. The zero-order valence-electron chi connectivity index (χ0n) is 14.1. The van der Waals surface area contributed by atoms with Crippen LogP contribution in [0.15, 0.2) is 30.3 Å². The zero-order valence-corrected chi connectivity index (χ0v) is 14.8. The van der Waals surface area contributed by atoms with Gasteiger partial charge in [-0.15, -0.1) is 0 Å². The number of aromatic nitrogens is 2. The van der Waals surface area contributed by atoms with E-state index in [2.05, 4.69) is 10.4 Å². The molecule has 3 aromatic rings. The lowest BCUT2D eigenvalue weighted by molar-refractivity contribution is -0.384. The van der Waals surface area contributed by atoms with Crippen LogP contribution in [-0.2, 0) is 7.05 Å². The van der Waals surface area contributed by atoms with E-state index in [1.54, 1.807) is 6.92 Å². The predicted octanol–water partition coefficient (Wildman–Crippen LogP) is 5.12. The number of nitro groups is 1. The molecule has 0 amide bonds. The van der Waals surface area contributed by atoms with Gasteiger partial charge in [-0.1, -0.05) is 11.6 Å². The number of nitrogens with zero attached hydrogens (tertiary/aromatic N) is 3. The van der Waals surface area contributed by atoms with Gasteiger partial charge in [0.25, 0.3) is 5.69 Å². The average molecular weight is 397 g/mol. The Bertz CT molecular complexity index is 1070. The summed E-state index contributed by atoms with van der Waals surface area (Å²) in [6.07, 6.45) is 0. The summed E-state index contributed by atoms with van der Waals surface area (Å²) in [6, 6.07) is 4.86. The molecule has 0 aliphatic heterocycles. The van der Waals surface area contributed by atoms with E-state index >= 15 is 0 Å². The van der Waals surface area contributed by atoms with Gasteiger partial charge in [-0.05, 0) is 25.1 Å². The normalized spacial score (nSPS) is 10.9. The minimum atomic E-state index is -1.14. The van der Waals surface area contributed by atoms with E-state index in [4.69, 9.17) is 11.6 Å². The molecule has 6 nitrogen and oxygen atoms in total. The molecule has 0 aliphatic carbocycles. The van der Waals surface area contributed by atoms with Gasteiger partial charge in [0.1, 0.15) is 17.5 Å². The molecule has 0 spiro atoms. The molecule has 0 saturated carbocycles. The van der Waals surface area contributed by atoms with E-state index in [9.17, 15) is 23.3 Å². The van der Waals surface area contributed by atoms with Crippen molar-refractivity contribution in [2.75, 3.05) is 5.32 Å². The first kappa shape index (κ1) is 18.7. The van der Waals surface area contributed by atoms with Gasteiger partial charge in [-0.3, -0.25) is 14.8 Å². The van der Waals surface area contributed by atoms with Gasteiger partial charge < -0.3 is 5.32 Å². The second kappa shape index (κ2) is 6.92. The van der Waals surface area contributed by atoms with E-state index in [0.29, 0.717) is 29.0 Å². The van der Waals surface area contributed by atoms with Crippen LogP contribution in [0.4, 0.5) is 30.4 Å². The van der Waals surface area contributed by atoms with Gasteiger partial charge >= 0.3 is 0 Å². The fourth-order valence-corrected chi connectivity index (χ4v) is 3.02. The monoisotopic (exact) mass is 396 g/mol. The molecule has 1 aromatic heterocycles. The maximum atomic E-state index is 14.2. The average Bonchev–Trinajstić information content (AvgIpc) is 2.83. The Hall–Kier alpha value is -3.07. The Labute approximate surface area is 156 Å². The molecule has 3 rings (SSSR count). The molecule has 2 aromatic carbocycles. The number of nitrogens with one attached hydrogen (secondary N) is 1. The van der Waals surface area contributed by atoms with E-state index in [1.165, 1.54) is 23.9 Å². The van der Waals surface area contributed by atoms with Crippen LogP contribution in [-0.4, -0.2) is 14.7 Å². The minimum Gasteiger partial charge on any atom is -0.332 e. The molecule has 0 atom stereocenters. The summed E-state index contributed by atoms with van der Waals surface area (Å²) in [4.78, 5) is 10.3. The number of hydrogen-bond acceptors (Lipinski definition) is 4. The minimum absolute atomic E-state index is 0.0863. The van der Waals surface area contributed by atoms with Gasteiger partial charge in [-0.2, -0.15) is 5.10 Å². The van der Waals surface area contributed by atoms with Gasteiger partial charge in [0.2, 0.25) is 0 Å². The molecule has 27 heavy (non-hydrogen) atoms. The summed E-state index contributed by atoms with van der Waals surface area (Å²) < 4.78 is 42.3. The summed E-state index contributed by atoms with van der Waals surface area (Å²) in [5, 5.41) is 18.1. The highest BCUT2D eigenvalue weighted by molar-refractivity contribution is 6.33. The number of anilines is 2. The third-order valence-electron chi connectivity index (χ3n) is 3.90. The molecule has 1 N–H and O–H groups in total. The first-order valence-corrected chi connectivity index (χ1v) is 7.96. The Morgan fingerprint density at radius 3 is 2.52 bits per heavy atom. The lowest BCUT2D eigenvalue weighted by Crippen LogP contribution is -2.05. The van der Waals surface area contributed by atoms with Crippen LogP contribution in [0.5, 0.6) is 0 Å². The largest absolute Gasteiger partial charge is 0.332 e. The van der Waals surface area contributed by atoms with E-state index < -0.39 is 33.7 Å². The molecule has 0 radical (unpaired) electrons. The molecule has 0 saturated heterocycles. The van der Waals surface area contributed by atoms with Crippen LogP contribution in [0.1, 0.15) is 5.69 Å². The molecule has 10 heteroatoms. The summed E-state index contributed by atoms with van der Waals surface area (Å²) in [5.74, 6) is -2.58. The number of nitro benzene ring substituents is 1. The molecule has 140 valence electrons. The summed E-state index contributed by atoms with van der Waals surface area (Å²) in [7, 11) is 1.53. The number of benzene rings is 2. The molecule has 0 aliphatic rings. The van der Waals surface area contributed by atoms with Crippen LogP contribution >= 0.6 is 11.6 Å². The van der Waals surface area contributed by atoms with Crippen molar-refractivity contribution in [1.29, 1.82) is 0 Å². The third-order valence-corrected chi connectivity index (χ3v) is 4.21. The zero-order chi connectivity index (χ0) is 19.9. The van der Waals surface area contributed by atoms with E-state index in [0.717, 1.165) is 6.07 Å². The van der Waals surface area contributed by atoms with Crippen molar-refractivity contribution in [1.82, 2.24) is 9.78 Å². The SMILES string of the molecule is Cc1nn(C)c(Nc2c(F)cc(F)cc2[N+](=O)[O-])c1-c1ccc(F)cc1Cl. The van der Waals surface area contributed by atoms with Crippen molar-refractivity contribution < 1.29 is 18.1 Å². The Morgan fingerprint density at radius 2 is 1.89 bits per heavy atom. The number of hydrogen-bond donors (Lipinski definition) is 1. The predicted molar refractivity (Wildman–Crippen MR) is 94.6 cm³/mol. The van der Waals surface area contributed by atoms with Crippen molar-refractivity contribution in [2.24, 2.45) is 7.05 Å².